The first-order valence-corrected chi connectivity index (χ1v) is 9.97. The largest absolute Gasteiger partial charge is 0.487 e. The molecule has 0 heterocycles. The first-order chi connectivity index (χ1) is 13.7. The van der Waals surface area contributed by atoms with Gasteiger partial charge in [0.2, 0.25) is 11.8 Å². The second kappa shape index (κ2) is 9.64. The standard InChI is InChI=1S/C18H19N3O7S/c1-13(22)20-29(26,27)15-10-8-14(9-11-15)19-18(23)7-4-12-28-17-6-3-2-5-16(17)21(24)25/h2-3,5-6,8-11H,4,7,12H2,1H3,(H,19,23)(H,20,22). The van der Waals surface area contributed by atoms with Gasteiger partial charge in [0.15, 0.2) is 5.75 Å². The average Bonchev–Trinajstić information content (AvgIpc) is 2.65. The molecule has 0 aliphatic carbocycles. The van der Waals surface area contributed by atoms with Crippen LogP contribution < -0.4 is 14.8 Å². The van der Waals surface area contributed by atoms with Crippen molar-refractivity contribution < 1.29 is 27.7 Å². The maximum absolute atomic E-state index is 12.0. The number of hydrogen-bond acceptors (Lipinski definition) is 7. The third kappa shape index (κ3) is 6.57. The van der Waals surface area contributed by atoms with Crippen LogP contribution in [0.4, 0.5) is 11.4 Å². The number of carbonyl (C=O) groups excluding carboxylic acids is 2. The predicted molar refractivity (Wildman–Crippen MR) is 104 cm³/mol. The van der Waals surface area contributed by atoms with E-state index in [1.54, 1.807) is 6.07 Å². The number of sulfonamides is 1. The van der Waals surface area contributed by atoms with E-state index >= 15 is 0 Å². The molecule has 0 saturated heterocycles. The number of hydrogen-bond donors (Lipinski definition) is 2. The Morgan fingerprint density at radius 1 is 1.10 bits per heavy atom. The summed E-state index contributed by atoms with van der Waals surface area (Å²) in [6, 6.07) is 11.3. The summed E-state index contributed by atoms with van der Waals surface area (Å²) in [6.07, 6.45) is 0.430. The summed E-state index contributed by atoms with van der Waals surface area (Å²) in [5, 5.41) is 13.5. The Balaban J connectivity index is 1.83. The van der Waals surface area contributed by atoms with Crippen molar-refractivity contribution in [2.75, 3.05) is 11.9 Å². The van der Waals surface area contributed by atoms with Gasteiger partial charge >= 0.3 is 5.69 Å². The summed E-state index contributed by atoms with van der Waals surface area (Å²) < 4.78 is 30.9. The molecule has 2 N–H and O–H groups in total. The summed E-state index contributed by atoms with van der Waals surface area (Å²) in [4.78, 5) is 33.2. The third-order valence-corrected chi connectivity index (χ3v) is 5.04. The molecule has 154 valence electrons. The van der Waals surface area contributed by atoms with E-state index in [-0.39, 0.29) is 35.3 Å². The summed E-state index contributed by atoms with van der Waals surface area (Å²) in [6.45, 7) is 1.21. The maximum atomic E-state index is 12.0. The summed E-state index contributed by atoms with van der Waals surface area (Å²) >= 11 is 0. The Morgan fingerprint density at radius 2 is 1.76 bits per heavy atom. The van der Waals surface area contributed by atoms with Crippen molar-refractivity contribution in [3.63, 3.8) is 0 Å². The van der Waals surface area contributed by atoms with Gasteiger partial charge in [-0.2, -0.15) is 0 Å². The van der Waals surface area contributed by atoms with Gasteiger partial charge < -0.3 is 10.1 Å². The molecule has 0 unspecified atom stereocenters. The van der Waals surface area contributed by atoms with Crippen LogP contribution in [-0.2, 0) is 19.6 Å². The average molecular weight is 421 g/mol. The molecule has 0 aliphatic heterocycles. The number of rotatable bonds is 9. The zero-order valence-corrected chi connectivity index (χ0v) is 16.3. The molecule has 10 nitrogen and oxygen atoms in total. The quantitative estimate of drug-likeness (QED) is 0.359. The van der Waals surface area contributed by atoms with Gasteiger partial charge in [0.25, 0.3) is 10.0 Å². The van der Waals surface area contributed by atoms with E-state index in [0.29, 0.717) is 12.1 Å². The van der Waals surface area contributed by atoms with Crippen molar-refractivity contribution in [2.45, 2.75) is 24.7 Å². The molecule has 0 aliphatic rings. The number of nitrogens with one attached hydrogen (secondary N) is 2. The van der Waals surface area contributed by atoms with Crippen LogP contribution in [0.25, 0.3) is 0 Å². The van der Waals surface area contributed by atoms with Crippen molar-refractivity contribution in [3.05, 3.63) is 58.6 Å². The predicted octanol–water partition coefficient (Wildman–Crippen LogP) is 2.22. The molecule has 2 aromatic rings. The van der Waals surface area contributed by atoms with E-state index in [1.165, 1.54) is 42.5 Å². The van der Waals surface area contributed by atoms with Crippen LogP contribution in [0, 0.1) is 10.1 Å². The van der Waals surface area contributed by atoms with Gasteiger partial charge in [-0.1, -0.05) is 12.1 Å². The zero-order chi connectivity index (χ0) is 21.4. The Kier molecular flexibility index (Phi) is 7.26. The van der Waals surface area contributed by atoms with E-state index < -0.39 is 20.9 Å². The monoisotopic (exact) mass is 421 g/mol. The fourth-order valence-electron chi connectivity index (χ4n) is 2.33. The first-order valence-electron chi connectivity index (χ1n) is 8.48. The molecule has 2 aromatic carbocycles. The number of nitro groups is 1. The highest BCUT2D eigenvalue weighted by Gasteiger charge is 2.16. The molecule has 0 fully saturated rings. The minimum atomic E-state index is -3.94. The number of para-hydroxylation sites is 2. The minimum Gasteiger partial charge on any atom is -0.487 e. The third-order valence-electron chi connectivity index (χ3n) is 3.59. The molecule has 0 bridgehead atoms. The SMILES string of the molecule is CC(=O)NS(=O)(=O)c1ccc(NC(=O)CCCOc2ccccc2[N+](=O)[O-])cc1. The van der Waals surface area contributed by atoms with Gasteiger partial charge in [-0.3, -0.25) is 19.7 Å². The lowest BCUT2D eigenvalue weighted by Gasteiger charge is -2.08. The van der Waals surface area contributed by atoms with E-state index in [4.69, 9.17) is 4.74 Å². The number of nitro benzene ring substituents is 1. The van der Waals surface area contributed by atoms with Gasteiger partial charge in [-0.15, -0.1) is 0 Å². The zero-order valence-electron chi connectivity index (χ0n) is 15.5. The summed E-state index contributed by atoms with van der Waals surface area (Å²) in [7, 11) is -3.94. The molecule has 11 heteroatoms. The van der Waals surface area contributed by atoms with E-state index in [9.17, 15) is 28.1 Å². The van der Waals surface area contributed by atoms with E-state index in [0.717, 1.165) is 6.92 Å². The number of benzene rings is 2. The molecular formula is C18H19N3O7S. The molecular weight excluding hydrogens is 402 g/mol. The van der Waals surface area contributed by atoms with Crippen LogP contribution in [0.3, 0.4) is 0 Å². The molecule has 29 heavy (non-hydrogen) atoms. The number of anilines is 1. The molecule has 0 atom stereocenters. The first kappa shape index (κ1) is 21.8. The van der Waals surface area contributed by atoms with E-state index in [1.807, 2.05) is 4.72 Å². The molecule has 0 radical (unpaired) electrons. The normalized spacial score (nSPS) is 10.8. The lowest BCUT2D eigenvalue weighted by Crippen LogP contribution is -2.28. The highest BCUT2D eigenvalue weighted by molar-refractivity contribution is 7.90. The van der Waals surface area contributed by atoms with Crippen LogP contribution in [0.5, 0.6) is 5.75 Å². The lowest BCUT2D eigenvalue weighted by molar-refractivity contribution is -0.385. The topological polar surface area (TPSA) is 145 Å². The highest BCUT2D eigenvalue weighted by atomic mass is 32.2. The fourth-order valence-corrected chi connectivity index (χ4v) is 3.32. The number of nitrogens with zero attached hydrogens (tertiary/aromatic N) is 1. The van der Waals surface area contributed by atoms with Crippen molar-refractivity contribution >= 4 is 33.2 Å². The van der Waals surface area contributed by atoms with Crippen molar-refractivity contribution in [3.8, 4) is 5.75 Å². The van der Waals surface area contributed by atoms with Crippen LogP contribution in [0.1, 0.15) is 19.8 Å². The Morgan fingerprint density at radius 3 is 2.38 bits per heavy atom. The van der Waals surface area contributed by atoms with Crippen molar-refractivity contribution in [2.24, 2.45) is 0 Å². The number of amides is 2. The summed E-state index contributed by atoms with van der Waals surface area (Å²) in [5.74, 6) is -0.895. The lowest BCUT2D eigenvalue weighted by atomic mass is 10.2. The number of ether oxygens (including phenoxy) is 1. The smallest absolute Gasteiger partial charge is 0.310 e. The Bertz CT molecular complexity index is 1000. The fraction of sp³-hybridized carbons (Fsp3) is 0.222. The molecule has 0 aromatic heterocycles. The van der Waals surface area contributed by atoms with Gasteiger partial charge in [0, 0.05) is 25.1 Å². The van der Waals surface area contributed by atoms with Crippen LogP contribution in [-0.4, -0.2) is 31.8 Å². The minimum absolute atomic E-state index is 0.104. The highest BCUT2D eigenvalue weighted by Crippen LogP contribution is 2.25. The van der Waals surface area contributed by atoms with Crippen LogP contribution in [0.2, 0.25) is 0 Å². The van der Waals surface area contributed by atoms with Gasteiger partial charge in [-0.05, 0) is 36.8 Å². The van der Waals surface area contributed by atoms with E-state index in [2.05, 4.69) is 5.32 Å². The Hall–Kier alpha value is -3.47. The van der Waals surface area contributed by atoms with Gasteiger partial charge in [-0.25, -0.2) is 13.1 Å². The molecule has 2 rings (SSSR count). The van der Waals surface area contributed by atoms with Gasteiger partial charge in [0.1, 0.15) is 0 Å². The summed E-state index contributed by atoms with van der Waals surface area (Å²) in [5.41, 5.74) is 0.239. The van der Waals surface area contributed by atoms with Gasteiger partial charge in [0.05, 0.1) is 16.4 Å². The molecule has 0 spiro atoms. The molecule has 2 amide bonds. The van der Waals surface area contributed by atoms with Crippen LogP contribution in [0.15, 0.2) is 53.4 Å². The molecule has 0 saturated carbocycles. The maximum Gasteiger partial charge on any atom is 0.310 e. The second-order valence-electron chi connectivity index (χ2n) is 5.91. The Labute approximate surface area is 167 Å². The second-order valence-corrected chi connectivity index (χ2v) is 7.59. The van der Waals surface area contributed by atoms with Crippen molar-refractivity contribution in [1.29, 1.82) is 0 Å². The van der Waals surface area contributed by atoms with Crippen molar-refractivity contribution in [1.82, 2.24) is 4.72 Å². The van der Waals surface area contributed by atoms with Crippen LogP contribution >= 0.6 is 0 Å². The number of carbonyl (C=O) groups is 2.